The molecule has 0 aromatic carbocycles. The van der Waals surface area contributed by atoms with Gasteiger partial charge in [0.25, 0.3) is 0 Å². The molecule has 0 fully saturated rings. The van der Waals surface area contributed by atoms with E-state index in [-0.39, 0.29) is 30.4 Å². The molecule has 0 saturated carbocycles. The van der Waals surface area contributed by atoms with Crippen molar-refractivity contribution in [2.24, 2.45) is 0 Å². The summed E-state index contributed by atoms with van der Waals surface area (Å²) in [5.41, 5.74) is 2.77. The highest BCUT2D eigenvalue weighted by Crippen LogP contribution is 2.00. The molecule has 4 nitrogen and oxygen atoms in total. The Hall–Kier alpha value is -0.650. The molecule has 1 amide bonds. The van der Waals surface area contributed by atoms with Crippen LogP contribution in [0, 0.1) is 0 Å². The van der Waals surface area contributed by atoms with Crippen LogP contribution in [0.5, 0.6) is 0 Å². The van der Waals surface area contributed by atoms with Crippen molar-refractivity contribution in [1.29, 1.82) is 0 Å². The van der Waals surface area contributed by atoms with E-state index in [9.17, 15) is 4.79 Å². The van der Waals surface area contributed by atoms with Gasteiger partial charge in [-0.2, -0.15) is 0 Å². The Morgan fingerprint density at radius 2 is 2.24 bits per heavy atom. The summed E-state index contributed by atoms with van der Waals surface area (Å²) in [5.74, 6) is 0.0459. The lowest BCUT2D eigenvalue weighted by molar-refractivity contribution is -0.123. The van der Waals surface area contributed by atoms with E-state index in [0.29, 0.717) is 6.54 Å². The molecule has 6 heteroatoms. The molecule has 2 N–H and O–H groups in total. The number of carbonyl (C=O) groups excluding carboxylic acids is 1. The highest BCUT2D eigenvalue weighted by molar-refractivity contribution is 7.07. The molecule has 0 saturated heterocycles. The normalized spacial score (nSPS) is 13.6. The van der Waals surface area contributed by atoms with Crippen LogP contribution in [0.2, 0.25) is 0 Å². The van der Waals surface area contributed by atoms with Crippen molar-refractivity contribution in [2.75, 3.05) is 0 Å². The fraction of sp³-hybridized carbons (Fsp3) is 0.636. The molecule has 0 aliphatic rings. The van der Waals surface area contributed by atoms with Crippen molar-refractivity contribution < 1.29 is 4.79 Å². The second kappa shape index (κ2) is 8.44. The number of amides is 1. The van der Waals surface area contributed by atoms with E-state index in [1.54, 1.807) is 16.8 Å². The van der Waals surface area contributed by atoms with E-state index in [1.807, 2.05) is 19.2 Å². The third-order valence-corrected chi connectivity index (χ3v) is 3.10. The van der Waals surface area contributed by atoms with Crippen LogP contribution in [0.25, 0.3) is 0 Å². The summed E-state index contributed by atoms with van der Waals surface area (Å²) in [5, 5.41) is 8.07. The molecule has 1 heterocycles. The van der Waals surface area contributed by atoms with Crippen LogP contribution >= 0.6 is 23.7 Å². The van der Waals surface area contributed by atoms with E-state index in [2.05, 4.69) is 22.5 Å². The zero-order valence-corrected chi connectivity index (χ0v) is 12.0. The van der Waals surface area contributed by atoms with Gasteiger partial charge >= 0.3 is 0 Å². The smallest absolute Gasteiger partial charge is 0.237 e. The SMILES string of the molecule is CCC(C)NC(=O)C(C)NCc1cscn1.Cl. The topological polar surface area (TPSA) is 54.0 Å². The number of nitrogens with one attached hydrogen (secondary N) is 2. The first kappa shape index (κ1) is 16.4. The standard InChI is InChI=1S/C11H19N3OS.ClH/c1-4-8(2)14-11(15)9(3)12-5-10-6-16-7-13-10;/h6-9,12H,4-5H2,1-3H3,(H,14,15);1H. The largest absolute Gasteiger partial charge is 0.352 e. The fourth-order valence-corrected chi connectivity index (χ4v) is 1.70. The van der Waals surface area contributed by atoms with E-state index in [1.165, 1.54) is 0 Å². The first-order valence-electron chi connectivity index (χ1n) is 5.54. The van der Waals surface area contributed by atoms with Gasteiger partial charge in [0.1, 0.15) is 0 Å². The maximum absolute atomic E-state index is 11.7. The summed E-state index contributed by atoms with van der Waals surface area (Å²) < 4.78 is 0. The predicted octanol–water partition coefficient (Wildman–Crippen LogP) is 1.96. The zero-order chi connectivity index (χ0) is 12.0. The summed E-state index contributed by atoms with van der Waals surface area (Å²) in [6.07, 6.45) is 0.949. The fourth-order valence-electron chi connectivity index (χ4n) is 1.15. The number of halogens is 1. The number of rotatable bonds is 6. The van der Waals surface area contributed by atoms with E-state index in [0.717, 1.165) is 12.1 Å². The van der Waals surface area contributed by atoms with Crippen molar-refractivity contribution in [3.63, 3.8) is 0 Å². The Balaban J connectivity index is 0.00000256. The lowest BCUT2D eigenvalue weighted by atomic mass is 10.2. The molecule has 0 bridgehead atoms. The summed E-state index contributed by atoms with van der Waals surface area (Å²) >= 11 is 1.56. The number of carbonyl (C=O) groups is 1. The van der Waals surface area contributed by atoms with Gasteiger partial charge in [0.15, 0.2) is 0 Å². The predicted molar refractivity (Wildman–Crippen MR) is 73.6 cm³/mol. The first-order valence-corrected chi connectivity index (χ1v) is 6.48. The molecular formula is C11H20ClN3OS. The van der Waals surface area contributed by atoms with Gasteiger partial charge in [-0.25, -0.2) is 4.98 Å². The maximum Gasteiger partial charge on any atom is 0.237 e. The Kier molecular flexibility index (Phi) is 8.12. The molecule has 98 valence electrons. The molecule has 1 aromatic heterocycles. The molecule has 1 rings (SSSR count). The van der Waals surface area contributed by atoms with Gasteiger partial charge in [-0.15, -0.1) is 23.7 Å². The van der Waals surface area contributed by atoms with Crippen molar-refractivity contribution in [3.8, 4) is 0 Å². The average Bonchev–Trinajstić information content (AvgIpc) is 2.78. The average molecular weight is 278 g/mol. The van der Waals surface area contributed by atoms with Gasteiger partial charge in [0.2, 0.25) is 5.91 Å². The van der Waals surface area contributed by atoms with Crippen LogP contribution in [-0.4, -0.2) is 23.0 Å². The quantitative estimate of drug-likeness (QED) is 0.836. The first-order chi connectivity index (χ1) is 7.63. The molecule has 0 aliphatic heterocycles. The lowest BCUT2D eigenvalue weighted by Crippen LogP contribution is -2.45. The van der Waals surface area contributed by atoms with Crippen LogP contribution in [0.15, 0.2) is 10.9 Å². The van der Waals surface area contributed by atoms with Gasteiger partial charge < -0.3 is 10.6 Å². The molecule has 0 radical (unpaired) electrons. The molecule has 0 spiro atoms. The number of nitrogens with zero attached hydrogens (tertiary/aromatic N) is 1. The van der Waals surface area contributed by atoms with Crippen LogP contribution < -0.4 is 10.6 Å². The van der Waals surface area contributed by atoms with Gasteiger partial charge in [0.05, 0.1) is 17.2 Å². The van der Waals surface area contributed by atoms with E-state index in [4.69, 9.17) is 0 Å². The summed E-state index contributed by atoms with van der Waals surface area (Å²) in [7, 11) is 0. The van der Waals surface area contributed by atoms with Crippen molar-refractivity contribution in [2.45, 2.75) is 45.8 Å². The van der Waals surface area contributed by atoms with Gasteiger partial charge in [-0.1, -0.05) is 6.92 Å². The number of thiazole rings is 1. The second-order valence-electron chi connectivity index (χ2n) is 3.90. The summed E-state index contributed by atoms with van der Waals surface area (Å²) in [4.78, 5) is 15.8. The highest BCUT2D eigenvalue weighted by atomic mass is 35.5. The zero-order valence-electron chi connectivity index (χ0n) is 10.4. The van der Waals surface area contributed by atoms with Gasteiger partial charge in [0, 0.05) is 18.0 Å². The van der Waals surface area contributed by atoms with Crippen LogP contribution in [0.4, 0.5) is 0 Å². The molecule has 0 aliphatic carbocycles. The van der Waals surface area contributed by atoms with Crippen molar-refractivity contribution in [1.82, 2.24) is 15.6 Å². The maximum atomic E-state index is 11.7. The van der Waals surface area contributed by atoms with Crippen LogP contribution in [0.1, 0.15) is 32.9 Å². The molecule has 2 atom stereocenters. The number of hydrogen-bond donors (Lipinski definition) is 2. The van der Waals surface area contributed by atoms with Gasteiger partial charge in [-0.3, -0.25) is 4.79 Å². The number of hydrogen-bond acceptors (Lipinski definition) is 4. The summed E-state index contributed by atoms with van der Waals surface area (Å²) in [6.45, 7) is 6.56. The minimum absolute atomic E-state index is 0. The molecule has 2 unspecified atom stereocenters. The molecule has 1 aromatic rings. The second-order valence-corrected chi connectivity index (χ2v) is 4.62. The van der Waals surface area contributed by atoms with Crippen molar-refractivity contribution >= 4 is 29.7 Å². The van der Waals surface area contributed by atoms with E-state index < -0.39 is 0 Å². The Morgan fingerprint density at radius 1 is 1.53 bits per heavy atom. The minimum Gasteiger partial charge on any atom is -0.352 e. The Labute approximate surface area is 113 Å². The Morgan fingerprint density at radius 3 is 2.76 bits per heavy atom. The summed E-state index contributed by atoms with van der Waals surface area (Å²) in [6, 6.07) is 0.0479. The Bertz CT molecular complexity index is 319. The van der Waals surface area contributed by atoms with Gasteiger partial charge in [-0.05, 0) is 20.3 Å². The highest BCUT2D eigenvalue weighted by Gasteiger charge is 2.13. The van der Waals surface area contributed by atoms with Crippen LogP contribution in [0.3, 0.4) is 0 Å². The molecular weight excluding hydrogens is 258 g/mol. The monoisotopic (exact) mass is 277 g/mol. The third-order valence-electron chi connectivity index (χ3n) is 2.47. The van der Waals surface area contributed by atoms with Crippen molar-refractivity contribution in [3.05, 3.63) is 16.6 Å². The van der Waals surface area contributed by atoms with E-state index >= 15 is 0 Å². The minimum atomic E-state index is -0.185. The lowest BCUT2D eigenvalue weighted by Gasteiger charge is -2.16. The number of aromatic nitrogens is 1. The van der Waals surface area contributed by atoms with Crippen LogP contribution in [-0.2, 0) is 11.3 Å². The third kappa shape index (κ3) is 6.00. The molecule has 17 heavy (non-hydrogen) atoms.